The number of hydrogen-bond acceptors (Lipinski definition) is 5. The second-order valence-corrected chi connectivity index (χ2v) is 5.53. The topological polar surface area (TPSA) is 92.7 Å². The molecule has 0 aliphatic carbocycles. The van der Waals surface area contributed by atoms with Crippen molar-refractivity contribution in [2.45, 2.75) is 23.7 Å². The monoisotopic (exact) mass is 327 g/mol. The zero-order valence-electron chi connectivity index (χ0n) is 10.7. The molecule has 1 aromatic rings. The lowest BCUT2D eigenvalue weighted by molar-refractivity contribution is -0.266. The van der Waals surface area contributed by atoms with Gasteiger partial charge in [0.2, 0.25) is 10.0 Å². The molecular weight excluding hydrogens is 315 g/mol. The van der Waals surface area contributed by atoms with Crippen LogP contribution in [-0.4, -0.2) is 38.0 Å². The Morgan fingerprint density at radius 1 is 1.29 bits per heavy atom. The lowest BCUT2D eigenvalue weighted by atomic mass is 10.2. The minimum atomic E-state index is -5.60. The van der Waals surface area contributed by atoms with Crippen molar-refractivity contribution in [2.24, 2.45) is 0 Å². The third kappa shape index (κ3) is 3.71. The average molecular weight is 327 g/mol. The number of aliphatic hydroxyl groups is 1. The van der Waals surface area contributed by atoms with E-state index in [1.54, 1.807) is 0 Å². The Labute approximate surface area is 118 Å². The van der Waals surface area contributed by atoms with E-state index in [-0.39, 0.29) is 0 Å². The molecule has 0 saturated carbocycles. The van der Waals surface area contributed by atoms with E-state index in [1.165, 1.54) is 25.1 Å². The Hall–Kier alpha value is -1.65. The molecule has 0 aliphatic rings. The Bertz CT molecular complexity index is 602. The van der Waals surface area contributed by atoms with Crippen LogP contribution in [0.5, 0.6) is 0 Å². The van der Waals surface area contributed by atoms with E-state index < -0.39 is 39.4 Å². The highest BCUT2D eigenvalue weighted by atomic mass is 32.2. The maximum Gasteiger partial charge on any atom is 0.443 e. The van der Waals surface area contributed by atoms with Gasteiger partial charge in [-0.3, -0.25) is 0 Å². The van der Waals surface area contributed by atoms with Crippen LogP contribution in [0.25, 0.3) is 0 Å². The molecule has 1 rings (SSSR count). The summed E-state index contributed by atoms with van der Waals surface area (Å²) in [4.78, 5) is 10.8. The van der Waals surface area contributed by atoms with Crippen molar-refractivity contribution in [2.75, 3.05) is 6.61 Å². The van der Waals surface area contributed by atoms with Crippen LogP contribution in [0.4, 0.5) is 13.2 Å². The molecule has 118 valence electrons. The minimum Gasteiger partial charge on any atom is -0.463 e. The first-order chi connectivity index (χ1) is 9.54. The van der Waals surface area contributed by atoms with E-state index in [9.17, 15) is 31.5 Å². The van der Waals surface area contributed by atoms with E-state index >= 15 is 0 Å². The van der Waals surface area contributed by atoms with Gasteiger partial charge in [-0.15, -0.1) is 0 Å². The Kier molecular flexibility index (Phi) is 4.97. The number of rotatable bonds is 5. The summed E-state index contributed by atoms with van der Waals surface area (Å²) in [6.45, 7) is 0.741. The zero-order chi connectivity index (χ0) is 16.3. The molecule has 0 unspecified atom stereocenters. The summed E-state index contributed by atoms with van der Waals surface area (Å²) in [5.41, 5.74) is -4.36. The summed E-state index contributed by atoms with van der Waals surface area (Å²) in [7, 11) is -4.79. The second kappa shape index (κ2) is 6.00. The lowest BCUT2D eigenvalue weighted by Gasteiger charge is -2.28. The second-order valence-electron chi connectivity index (χ2n) is 3.85. The van der Waals surface area contributed by atoms with Crippen molar-refractivity contribution in [3.8, 4) is 0 Å². The van der Waals surface area contributed by atoms with Crippen molar-refractivity contribution >= 4 is 16.0 Å². The minimum absolute atomic E-state index is 0.468. The predicted octanol–water partition coefficient (Wildman–Crippen LogP) is 0.779. The third-order valence-electron chi connectivity index (χ3n) is 2.32. The predicted molar refractivity (Wildman–Crippen MR) is 64.4 cm³/mol. The van der Waals surface area contributed by atoms with Crippen LogP contribution in [0.2, 0.25) is 0 Å². The molecule has 2 N–H and O–H groups in total. The number of nitrogens with one attached hydrogen (secondary N) is 1. The largest absolute Gasteiger partial charge is 0.463 e. The van der Waals surface area contributed by atoms with Gasteiger partial charge in [-0.25, -0.2) is 13.2 Å². The molecule has 0 aliphatic heterocycles. The first kappa shape index (κ1) is 17.4. The molecule has 0 radical (unpaired) electrons. The number of sulfonamides is 1. The Morgan fingerprint density at radius 2 is 1.81 bits per heavy atom. The van der Waals surface area contributed by atoms with Gasteiger partial charge in [-0.2, -0.15) is 17.9 Å². The average Bonchev–Trinajstić information content (AvgIpc) is 2.38. The summed E-state index contributed by atoms with van der Waals surface area (Å²) in [6, 6.07) is 5.99. The van der Waals surface area contributed by atoms with Crippen LogP contribution in [0.3, 0.4) is 0 Å². The summed E-state index contributed by atoms with van der Waals surface area (Å²) >= 11 is 0. The van der Waals surface area contributed by atoms with Gasteiger partial charge in [0.05, 0.1) is 11.5 Å². The molecule has 10 heteroatoms. The van der Waals surface area contributed by atoms with E-state index in [2.05, 4.69) is 4.74 Å². The zero-order valence-corrected chi connectivity index (χ0v) is 11.5. The number of hydrogen-bond donors (Lipinski definition) is 2. The van der Waals surface area contributed by atoms with Gasteiger partial charge >= 0.3 is 17.9 Å². The number of alkyl halides is 3. The SMILES string of the molecule is CCOC(=O)[C@@](O)(NS(=O)(=O)c1ccccc1)C(F)(F)F. The summed E-state index contributed by atoms with van der Waals surface area (Å²) in [5, 5.41) is 9.45. The fourth-order valence-electron chi connectivity index (χ4n) is 1.30. The molecular formula is C11H12F3NO5S. The van der Waals surface area contributed by atoms with Gasteiger partial charge in [0.15, 0.2) is 0 Å². The number of benzene rings is 1. The van der Waals surface area contributed by atoms with Crippen LogP contribution in [0.15, 0.2) is 35.2 Å². The molecule has 0 heterocycles. The van der Waals surface area contributed by atoms with Crippen LogP contribution in [0, 0.1) is 0 Å². The normalized spacial score (nSPS) is 15.3. The standard InChI is InChI=1S/C11H12F3NO5S/c1-2-20-9(16)10(17,11(12,13)14)15-21(18,19)8-6-4-3-5-7-8/h3-7,15,17H,2H2,1H3/t10-/m0/s1. The van der Waals surface area contributed by atoms with Crippen LogP contribution >= 0.6 is 0 Å². The van der Waals surface area contributed by atoms with Gasteiger partial charge in [0.1, 0.15) is 0 Å². The fraction of sp³-hybridized carbons (Fsp3) is 0.364. The van der Waals surface area contributed by atoms with Crippen molar-refractivity contribution in [3.63, 3.8) is 0 Å². The quantitative estimate of drug-likeness (QED) is 0.616. The van der Waals surface area contributed by atoms with E-state index in [4.69, 9.17) is 0 Å². The van der Waals surface area contributed by atoms with Crippen molar-refractivity contribution < 1.29 is 36.2 Å². The first-order valence-electron chi connectivity index (χ1n) is 5.60. The van der Waals surface area contributed by atoms with Crippen molar-refractivity contribution in [1.29, 1.82) is 0 Å². The van der Waals surface area contributed by atoms with Crippen LogP contribution in [-0.2, 0) is 19.6 Å². The highest BCUT2D eigenvalue weighted by Crippen LogP contribution is 2.31. The first-order valence-corrected chi connectivity index (χ1v) is 7.08. The molecule has 1 atom stereocenters. The summed E-state index contributed by atoms with van der Waals surface area (Å²) < 4.78 is 67.2. The maximum absolute atomic E-state index is 12.8. The molecule has 0 aromatic heterocycles. The Morgan fingerprint density at radius 3 is 2.24 bits per heavy atom. The number of carbonyl (C=O) groups excluding carboxylic acids is 1. The summed E-state index contributed by atoms with van der Waals surface area (Å²) in [6.07, 6.45) is -5.60. The number of esters is 1. The van der Waals surface area contributed by atoms with Crippen LogP contribution in [0.1, 0.15) is 6.92 Å². The van der Waals surface area contributed by atoms with Gasteiger partial charge < -0.3 is 9.84 Å². The van der Waals surface area contributed by atoms with E-state index in [1.807, 2.05) is 0 Å². The number of ether oxygens (including phenoxy) is 1. The van der Waals surface area contributed by atoms with E-state index in [0.29, 0.717) is 0 Å². The van der Waals surface area contributed by atoms with Crippen molar-refractivity contribution in [1.82, 2.24) is 4.72 Å². The van der Waals surface area contributed by atoms with Gasteiger partial charge in [-0.05, 0) is 19.1 Å². The lowest BCUT2D eigenvalue weighted by Crippen LogP contribution is -2.64. The highest BCUT2D eigenvalue weighted by Gasteiger charge is 2.63. The molecule has 0 spiro atoms. The van der Waals surface area contributed by atoms with Gasteiger partial charge in [0, 0.05) is 0 Å². The Balaban J connectivity index is 3.23. The molecule has 0 saturated heterocycles. The van der Waals surface area contributed by atoms with Crippen LogP contribution < -0.4 is 4.72 Å². The molecule has 0 amide bonds. The van der Waals surface area contributed by atoms with Gasteiger partial charge in [-0.1, -0.05) is 18.2 Å². The smallest absolute Gasteiger partial charge is 0.443 e. The number of carbonyl (C=O) groups is 1. The van der Waals surface area contributed by atoms with Gasteiger partial charge in [0.25, 0.3) is 0 Å². The highest BCUT2D eigenvalue weighted by molar-refractivity contribution is 7.89. The molecule has 1 aromatic carbocycles. The maximum atomic E-state index is 12.8. The number of halogens is 3. The molecule has 6 nitrogen and oxygen atoms in total. The fourth-order valence-corrected chi connectivity index (χ4v) is 2.53. The molecule has 0 bridgehead atoms. The molecule has 21 heavy (non-hydrogen) atoms. The third-order valence-corrected chi connectivity index (χ3v) is 3.77. The molecule has 0 fully saturated rings. The van der Waals surface area contributed by atoms with E-state index in [0.717, 1.165) is 16.9 Å². The summed E-state index contributed by atoms with van der Waals surface area (Å²) in [5.74, 6) is -2.16. The van der Waals surface area contributed by atoms with Crippen molar-refractivity contribution in [3.05, 3.63) is 30.3 Å².